The zero-order chi connectivity index (χ0) is 14.2. The van der Waals surface area contributed by atoms with Gasteiger partial charge in [-0.25, -0.2) is 0 Å². The molecule has 110 valence electrons. The SMILES string of the molecule is CC(=O)NC1C2OCC(COC(C)C)(O2)C(O)C1O. The molecule has 7 nitrogen and oxygen atoms in total. The molecule has 5 atom stereocenters. The Hall–Kier alpha value is -0.730. The van der Waals surface area contributed by atoms with Crippen LogP contribution in [-0.2, 0) is 19.0 Å². The van der Waals surface area contributed by atoms with E-state index in [0.717, 1.165) is 0 Å². The van der Waals surface area contributed by atoms with E-state index < -0.39 is 30.1 Å². The average Bonchev–Trinajstić information content (AvgIpc) is 2.73. The number of ether oxygens (including phenoxy) is 3. The molecule has 2 rings (SSSR count). The minimum absolute atomic E-state index is 0.0190. The predicted molar refractivity (Wildman–Crippen MR) is 64.3 cm³/mol. The van der Waals surface area contributed by atoms with Crippen LogP contribution in [0.3, 0.4) is 0 Å². The predicted octanol–water partition coefficient (Wildman–Crippen LogP) is -1.24. The molecule has 2 aliphatic heterocycles. The topological polar surface area (TPSA) is 97.3 Å². The molecule has 0 aromatic carbocycles. The van der Waals surface area contributed by atoms with Crippen molar-refractivity contribution in [3.05, 3.63) is 0 Å². The van der Waals surface area contributed by atoms with E-state index in [-0.39, 0.29) is 25.2 Å². The molecule has 0 aromatic heterocycles. The van der Waals surface area contributed by atoms with Crippen LogP contribution in [-0.4, -0.2) is 65.6 Å². The highest BCUT2D eigenvalue weighted by Gasteiger charge is 2.59. The molecule has 0 spiro atoms. The van der Waals surface area contributed by atoms with Crippen LogP contribution in [0.4, 0.5) is 0 Å². The highest BCUT2D eigenvalue weighted by molar-refractivity contribution is 5.73. The second-order valence-corrected chi connectivity index (χ2v) is 5.38. The summed E-state index contributed by atoms with van der Waals surface area (Å²) in [4.78, 5) is 11.1. The van der Waals surface area contributed by atoms with Crippen LogP contribution in [0.15, 0.2) is 0 Å². The van der Waals surface area contributed by atoms with E-state index in [1.54, 1.807) is 0 Å². The maximum atomic E-state index is 11.1. The number of amides is 1. The van der Waals surface area contributed by atoms with E-state index >= 15 is 0 Å². The smallest absolute Gasteiger partial charge is 0.217 e. The van der Waals surface area contributed by atoms with Gasteiger partial charge in [-0.3, -0.25) is 4.79 Å². The second kappa shape index (κ2) is 5.34. The summed E-state index contributed by atoms with van der Waals surface area (Å²) in [5.74, 6) is -0.318. The molecule has 0 radical (unpaired) electrons. The number of aliphatic hydroxyl groups excluding tert-OH is 2. The Morgan fingerprint density at radius 2 is 2.21 bits per heavy atom. The summed E-state index contributed by atoms with van der Waals surface area (Å²) >= 11 is 0. The quantitative estimate of drug-likeness (QED) is 0.594. The third-order valence-corrected chi connectivity index (χ3v) is 3.40. The third kappa shape index (κ3) is 2.75. The van der Waals surface area contributed by atoms with E-state index in [2.05, 4.69) is 5.32 Å². The number of hydrogen-bond acceptors (Lipinski definition) is 6. The summed E-state index contributed by atoms with van der Waals surface area (Å²) in [5, 5.41) is 22.9. The molecule has 2 fully saturated rings. The Morgan fingerprint density at radius 1 is 1.53 bits per heavy atom. The lowest BCUT2D eigenvalue weighted by atomic mass is 9.88. The van der Waals surface area contributed by atoms with Crippen molar-refractivity contribution in [2.75, 3.05) is 13.2 Å². The standard InChI is InChI=1S/C12H21NO6/c1-6(2)17-4-12-5-18-11(19-12)8(13-7(3)14)9(15)10(12)16/h6,8-11,15-16H,4-5H2,1-3H3,(H,13,14). The summed E-state index contributed by atoms with van der Waals surface area (Å²) in [6.45, 7) is 5.33. The molecule has 2 heterocycles. The van der Waals surface area contributed by atoms with Gasteiger partial charge >= 0.3 is 0 Å². The Kier molecular flexibility index (Phi) is 4.12. The van der Waals surface area contributed by atoms with Crippen LogP contribution >= 0.6 is 0 Å². The van der Waals surface area contributed by atoms with Crippen molar-refractivity contribution < 1.29 is 29.2 Å². The van der Waals surface area contributed by atoms with Gasteiger partial charge in [-0.2, -0.15) is 0 Å². The Labute approximate surface area is 111 Å². The fourth-order valence-electron chi connectivity index (χ4n) is 2.38. The molecular weight excluding hydrogens is 254 g/mol. The molecule has 0 aromatic rings. The lowest BCUT2D eigenvalue weighted by Crippen LogP contribution is -2.66. The van der Waals surface area contributed by atoms with Gasteiger partial charge in [0.05, 0.1) is 19.3 Å². The van der Waals surface area contributed by atoms with E-state index in [4.69, 9.17) is 14.2 Å². The van der Waals surface area contributed by atoms with E-state index in [9.17, 15) is 15.0 Å². The second-order valence-electron chi connectivity index (χ2n) is 5.38. The lowest BCUT2D eigenvalue weighted by molar-refractivity contribution is -0.239. The van der Waals surface area contributed by atoms with Gasteiger partial charge < -0.3 is 29.7 Å². The average molecular weight is 275 g/mol. The minimum atomic E-state index is -1.18. The zero-order valence-corrected chi connectivity index (χ0v) is 11.3. The molecular formula is C12H21NO6. The minimum Gasteiger partial charge on any atom is -0.388 e. The highest BCUT2D eigenvalue weighted by Crippen LogP contribution is 2.37. The van der Waals surface area contributed by atoms with Crippen molar-refractivity contribution in [3.63, 3.8) is 0 Å². The number of aliphatic hydroxyl groups is 2. The third-order valence-electron chi connectivity index (χ3n) is 3.40. The summed E-state index contributed by atoms with van der Waals surface area (Å²) in [6.07, 6.45) is -3.12. The Balaban J connectivity index is 2.10. The van der Waals surface area contributed by atoms with Gasteiger partial charge in [0, 0.05) is 6.92 Å². The first-order valence-corrected chi connectivity index (χ1v) is 6.40. The molecule has 3 N–H and O–H groups in total. The summed E-state index contributed by atoms with van der Waals surface area (Å²) in [7, 11) is 0. The molecule has 0 aliphatic carbocycles. The van der Waals surface area contributed by atoms with Gasteiger partial charge in [-0.05, 0) is 13.8 Å². The number of nitrogens with one attached hydrogen (secondary N) is 1. The van der Waals surface area contributed by atoms with Crippen molar-refractivity contribution in [1.29, 1.82) is 0 Å². The molecule has 5 unspecified atom stereocenters. The van der Waals surface area contributed by atoms with Gasteiger partial charge in [0.15, 0.2) is 6.29 Å². The number of hydrogen-bond donors (Lipinski definition) is 3. The van der Waals surface area contributed by atoms with E-state index in [1.165, 1.54) is 6.92 Å². The van der Waals surface area contributed by atoms with Crippen LogP contribution in [0.5, 0.6) is 0 Å². The highest BCUT2D eigenvalue weighted by atomic mass is 16.7. The molecule has 2 saturated heterocycles. The molecule has 2 bridgehead atoms. The zero-order valence-electron chi connectivity index (χ0n) is 11.3. The molecule has 2 aliphatic rings. The molecule has 1 amide bonds. The van der Waals surface area contributed by atoms with Gasteiger partial charge in [-0.1, -0.05) is 0 Å². The van der Waals surface area contributed by atoms with Gasteiger partial charge in [0.25, 0.3) is 0 Å². The van der Waals surface area contributed by atoms with E-state index in [1.807, 2.05) is 13.8 Å². The van der Waals surface area contributed by atoms with E-state index in [0.29, 0.717) is 0 Å². The van der Waals surface area contributed by atoms with Crippen LogP contribution in [0.25, 0.3) is 0 Å². The van der Waals surface area contributed by atoms with Crippen LogP contribution in [0, 0.1) is 0 Å². The molecule has 19 heavy (non-hydrogen) atoms. The monoisotopic (exact) mass is 275 g/mol. The number of rotatable bonds is 4. The van der Waals surface area contributed by atoms with Crippen LogP contribution in [0.2, 0.25) is 0 Å². The van der Waals surface area contributed by atoms with Gasteiger partial charge in [0.1, 0.15) is 23.9 Å². The fourth-order valence-corrected chi connectivity index (χ4v) is 2.38. The van der Waals surface area contributed by atoms with Crippen molar-refractivity contribution in [2.24, 2.45) is 0 Å². The summed E-state index contributed by atoms with van der Waals surface area (Å²) in [5.41, 5.74) is -1.07. The first kappa shape index (κ1) is 14.7. The number of carbonyl (C=O) groups excluding carboxylic acids is 1. The maximum Gasteiger partial charge on any atom is 0.217 e. The van der Waals surface area contributed by atoms with Crippen molar-refractivity contribution in [2.45, 2.75) is 57.0 Å². The molecule has 7 heteroatoms. The first-order valence-electron chi connectivity index (χ1n) is 6.40. The van der Waals surface area contributed by atoms with Crippen molar-refractivity contribution in [3.8, 4) is 0 Å². The van der Waals surface area contributed by atoms with Crippen LogP contribution < -0.4 is 5.32 Å². The normalized spacial score (nSPS) is 41.6. The van der Waals surface area contributed by atoms with Crippen molar-refractivity contribution in [1.82, 2.24) is 5.32 Å². The maximum absolute atomic E-state index is 11.1. The van der Waals surface area contributed by atoms with Crippen molar-refractivity contribution >= 4 is 5.91 Å². The van der Waals surface area contributed by atoms with Gasteiger partial charge in [0.2, 0.25) is 5.91 Å². The van der Waals surface area contributed by atoms with Gasteiger partial charge in [-0.15, -0.1) is 0 Å². The fraction of sp³-hybridized carbons (Fsp3) is 0.917. The molecule has 0 saturated carbocycles. The largest absolute Gasteiger partial charge is 0.388 e. The number of carbonyl (C=O) groups is 1. The summed E-state index contributed by atoms with van der Waals surface area (Å²) < 4.78 is 16.6. The van der Waals surface area contributed by atoms with Crippen LogP contribution in [0.1, 0.15) is 20.8 Å². The Morgan fingerprint density at radius 3 is 2.79 bits per heavy atom. The Bertz CT molecular complexity index is 349. The first-order chi connectivity index (χ1) is 8.85. The lowest BCUT2D eigenvalue weighted by Gasteiger charge is -2.42. The summed E-state index contributed by atoms with van der Waals surface area (Å²) in [6, 6.07) is -0.776. The number of fused-ring (bicyclic) bond motifs is 2.